The van der Waals surface area contributed by atoms with Crippen molar-refractivity contribution < 1.29 is 9.84 Å². The van der Waals surface area contributed by atoms with Gasteiger partial charge in [0.15, 0.2) is 0 Å². The average molecular weight is 293 g/mol. The van der Waals surface area contributed by atoms with Gasteiger partial charge < -0.3 is 15.2 Å². The first-order chi connectivity index (χ1) is 9.83. The fourth-order valence-electron chi connectivity index (χ4n) is 1.71. The molecule has 6 heteroatoms. The van der Waals surface area contributed by atoms with Crippen LogP contribution in [-0.4, -0.2) is 27.8 Å². The first kappa shape index (κ1) is 14.7. The zero-order valence-electron chi connectivity index (χ0n) is 11.5. The molecule has 2 rings (SSSR count). The standard InChI is InChI=1S/C14H19N3O2S/c1-2-8-15-14-13(16-17-20-14)10-19-12-5-3-11(4-6-12)7-9-18/h3-6,15,18H,2,7-10H2,1H3. The molecule has 0 saturated heterocycles. The number of hydrogen-bond donors (Lipinski definition) is 2. The second kappa shape index (κ2) is 7.81. The largest absolute Gasteiger partial charge is 0.487 e. The highest BCUT2D eigenvalue weighted by Gasteiger charge is 2.08. The minimum absolute atomic E-state index is 0.164. The van der Waals surface area contributed by atoms with Gasteiger partial charge in [0.2, 0.25) is 0 Å². The Labute approximate surface area is 122 Å². The molecule has 0 radical (unpaired) electrons. The number of aliphatic hydroxyl groups excluding tert-OH is 1. The maximum absolute atomic E-state index is 8.87. The highest BCUT2D eigenvalue weighted by Crippen LogP contribution is 2.20. The molecule has 2 N–H and O–H groups in total. The predicted octanol–water partition coefficient (Wildman–Crippen LogP) is 2.47. The first-order valence-electron chi connectivity index (χ1n) is 6.71. The van der Waals surface area contributed by atoms with Gasteiger partial charge in [-0.15, -0.1) is 5.10 Å². The number of anilines is 1. The van der Waals surface area contributed by atoms with Gasteiger partial charge in [0.05, 0.1) is 0 Å². The Kier molecular flexibility index (Phi) is 5.76. The molecule has 1 aromatic heterocycles. The van der Waals surface area contributed by atoms with Gasteiger partial charge in [-0.3, -0.25) is 0 Å². The van der Waals surface area contributed by atoms with Crippen LogP contribution >= 0.6 is 11.5 Å². The maximum Gasteiger partial charge on any atom is 0.136 e. The Bertz CT molecular complexity index is 513. The van der Waals surface area contributed by atoms with Crippen molar-refractivity contribution in [1.29, 1.82) is 0 Å². The summed E-state index contributed by atoms with van der Waals surface area (Å²) in [5.41, 5.74) is 1.93. The van der Waals surface area contributed by atoms with Crippen LogP contribution in [0.2, 0.25) is 0 Å². The summed E-state index contributed by atoms with van der Waals surface area (Å²) in [6, 6.07) is 7.73. The second-order valence-corrected chi connectivity index (χ2v) is 5.14. The maximum atomic E-state index is 8.87. The Morgan fingerprint density at radius 1 is 1.30 bits per heavy atom. The van der Waals surface area contributed by atoms with Gasteiger partial charge in [-0.25, -0.2) is 0 Å². The molecular weight excluding hydrogens is 274 g/mol. The monoisotopic (exact) mass is 293 g/mol. The number of ether oxygens (including phenoxy) is 1. The molecule has 0 aliphatic rings. The molecule has 0 unspecified atom stereocenters. The Morgan fingerprint density at radius 2 is 2.10 bits per heavy atom. The summed E-state index contributed by atoms with van der Waals surface area (Å²) in [4.78, 5) is 0. The van der Waals surface area contributed by atoms with Gasteiger partial charge in [-0.05, 0) is 30.5 Å². The second-order valence-electron chi connectivity index (χ2n) is 4.38. The summed E-state index contributed by atoms with van der Waals surface area (Å²) >= 11 is 1.35. The number of aromatic nitrogens is 2. The third-order valence-corrected chi connectivity index (χ3v) is 3.52. The van der Waals surface area contributed by atoms with Crippen molar-refractivity contribution >= 4 is 16.5 Å². The lowest BCUT2D eigenvalue weighted by Gasteiger charge is -2.07. The molecule has 20 heavy (non-hydrogen) atoms. The average Bonchev–Trinajstić information content (AvgIpc) is 2.92. The first-order valence-corrected chi connectivity index (χ1v) is 7.48. The third kappa shape index (κ3) is 4.18. The lowest BCUT2D eigenvalue weighted by Crippen LogP contribution is -2.03. The molecule has 0 aliphatic heterocycles. The molecule has 0 saturated carbocycles. The van der Waals surface area contributed by atoms with Gasteiger partial charge in [-0.1, -0.05) is 23.5 Å². The van der Waals surface area contributed by atoms with Crippen LogP contribution in [0.3, 0.4) is 0 Å². The van der Waals surface area contributed by atoms with Gasteiger partial charge >= 0.3 is 0 Å². The van der Waals surface area contributed by atoms with Gasteiger partial charge in [0, 0.05) is 24.7 Å². The summed E-state index contributed by atoms with van der Waals surface area (Å²) in [7, 11) is 0. The summed E-state index contributed by atoms with van der Waals surface area (Å²) in [5.74, 6) is 0.793. The normalized spacial score (nSPS) is 10.5. The van der Waals surface area contributed by atoms with E-state index in [1.54, 1.807) is 0 Å². The SMILES string of the molecule is CCCNc1snnc1COc1ccc(CCO)cc1. The number of nitrogens with zero attached hydrogens (tertiary/aromatic N) is 2. The number of nitrogens with one attached hydrogen (secondary N) is 1. The van der Waals surface area contributed by atoms with E-state index in [4.69, 9.17) is 9.84 Å². The highest BCUT2D eigenvalue weighted by atomic mass is 32.1. The van der Waals surface area contributed by atoms with Crippen LogP contribution in [0.15, 0.2) is 24.3 Å². The smallest absolute Gasteiger partial charge is 0.136 e. The molecule has 0 aliphatic carbocycles. The Balaban J connectivity index is 1.89. The molecule has 1 heterocycles. The van der Waals surface area contributed by atoms with Gasteiger partial charge in [0.25, 0.3) is 0 Å². The molecular formula is C14H19N3O2S. The molecule has 0 bridgehead atoms. The highest BCUT2D eigenvalue weighted by molar-refractivity contribution is 7.10. The number of hydrogen-bond acceptors (Lipinski definition) is 6. The van der Waals surface area contributed by atoms with Crippen LogP contribution in [0.5, 0.6) is 5.75 Å². The minimum Gasteiger partial charge on any atom is -0.487 e. The molecule has 108 valence electrons. The number of rotatable bonds is 8. The van der Waals surface area contributed by atoms with Crippen molar-refractivity contribution in [2.45, 2.75) is 26.4 Å². The van der Waals surface area contributed by atoms with E-state index in [0.29, 0.717) is 13.0 Å². The quantitative estimate of drug-likeness (QED) is 0.782. The van der Waals surface area contributed by atoms with E-state index in [9.17, 15) is 0 Å². The molecule has 1 aromatic carbocycles. The summed E-state index contributed by atoms with van der Waals surface area (Å²) in [5, 5.41) is 17.2. The summed E-state index contributed by atoms with van der Waals surface area (Å²) < 4.78 is 9.65. The molecule has 0 spiro atoms. The fraction of sp³-hybridized carbons (Fsp3) is 0.429. The molecule has 0 fully saturated rings. The third-order valence-electron chi connectivity index (χ3n) is 2.79. The van der Waals surface area contributed by atoms with E-state index in [1.807, 2.05) is 24.3 Å². The minimum atomic E-state index is 0.164. The van der Waals surface area contributed by atoms with E-state index in [-0.39, 0.29) is 6.61 Å². The van der Waals surface area contributed by atoms with Crippen LogP contribution < -0.4 is 10.1 Å². The molecule has 0 atom stereocenters. The zero-order chi connectivity index (χ0) is 14.2. The summed E-state index contributed by atoms with van der Waals surface area (Å²) in [6.07, 6.45) is 1.73. The van der Waals surface area contributed by atoms with Crippen molar-refractivity contribution in [3.8, 4) is 5.75 Å². The van der Waals surface area contributed by atoms with Crippen molar-refractivity contribution in [2.24, 2.45) is 0 Å². The van der Waals surface area contributed by atoms with E-state index in [2.05, 4.69) is 21.8 Å². The topological polar surface area (TPSA) is 67.3 Å². The van der Waals surface area contributed by atoms with Gasteiger partial charge in [-0.2, -0.15) is 0 Å². The van der Waals surface area contributed by atoms with Gasteiger partial charge in [0.1, 0.15) is 23.1 Å². The number of aliphatic hydroxyl groups is 1. The summed E-state index contributed by atoms with van der Waals surface area (Å²) in [6.45, 7) is 3.59. The van der Waals surface area contributed by atoms with Crippen LogP contribution in [0.4, 0.5) is 5.00 Å². The predicted molar refractivity (Wildman–Crippen MR) is 80.3 cm³/mol. The lowest BCUT2D eigenvalue weighted by atomic mass is 10.1. The van der Waals surface area contributed by atoms with E-state index in [1.165, 1.54) is 11.5 Å². The van der Waals surface area contributed by atoms with E-state index < -0.39 is 0 Å². The van der Waals surface area contributed by atoms with Crippen molar-refractivity contribution in [3.05, 3.63) is 35.5 Å². The Hall–Kier alpha value is -1.66. The van der Waals surface area contributed by atoms with E-state index in [0.717, 1.165) is 35.0 Å². The zero-order valence-corrected chi connectivity index (χ0v) is 12.3. The van der Waals surface area contributed by atoms with Crippen molar-refractivity contribution in [1.82, 2.24) is 9.59 Å². The molecule has 0 amide bonds. The Morgan fingerprint density at radius 3 is 2.80 bits per heavy atom. The van der Waals surface area contributed by atoms with Crippen LogP contribution in [0.1, 0.15) is 24.6 Å². The molecule has 5 nitrogen and oxygen atoms in total. The van der Waals surface area contributed by atoms with Crippen molar-refractivity contribution in [2.75, 3.05) is 18.5 Å². The van der Waals surface area contributed by atoms with Crippen LogP contribution in [0, 0.1) is 0 Å². The van der Waals surface area contributed by atoms with Crippen LogP contribution in [0.25, 0.3) is 0 Å². The molecule has 2 aromatic rings. The van der Waals surface area contributed by atoms with E-state index >= 15 is 0 Å². The van der Waals surface area contributed by atoms with Crippen molar-refractivity contribution in [3.63, 3.8) is 0 Å². The lowest BCUT2D eigenvalue weighted by molar-refractivity contribution is 0.297. The fourth-order valence-corrected chi connectivity index (χ4v) is 2.30. The van der Waals surface area contributed by atoms with Crippen LogP contribution in [-0.2, 0) is 13.0 Å². The number of benzene rings is 1.